The van der Waals surface area contributed by atoms with E-state index < -0.39 is 5.97 Å². The lowest BCUT2D eigenvalue weighted by atomic mass is 10.3. The molecule has 1 aromatic heterocycles. The minimum absolute atomic E-state index is 0.0644. The van der Waals surface area contributed by atoms with Crippen LogP contribution in [0.3, 0.4) is 0 Å². The molecule has 0 saturated heterocycles. The number of aromatic nitrogens is 2. The summed E-state index contributed by atoms with van der Waals surface area (Å²) in [6.07, 6.45) is 7.76. The van der Waals surface area contributed by atoms with Crippen LogP contribution in [0.4, 0.5) is 5.82 Å². The van der Waals surface area contributed by atoms with Gasteiger partial charge in [-0.25, -0.2) is 14.8 Å². The van der Waals surface area contributed by atoms with Crippen LogP contribution >= 0.6 is 0 Å². The predicted octanol–water partition coefficient (Wildman–Crippen LogP) is 0.634. The molecule has 0 radical (unpaired) electrons. The summed E-state index contributed by atoms with van der Waals surface area (Å²) in [5.74, 6) is 1.76. The first-order valence-electron chi connectivity index (χ1n) is 4.42. The second-order valence-corrected chi connectivity index (χ2v) is 2.78. The fourth-order valence-corrected chi connectivity index (χ4v) is 1.17. The van der Waals surface area contributed by atoms with Crippen molar-refractivity contribution in [2.24, 2.45) is 0 Å². The second kappa shape index (κ2) is 4.96. The Bertz CT molecular complexity index is 398. The molecule has 0 fully saturated rings. The minimum atomic E-state index is -1.05. The highest BCUT2D eigenvalue weighted by Crippen LogP contribution is 2.15. The number of hydrogen-bond acceptors (Lipinski definition) is 4. The van der Waals surface area contributed by atoms with Crippen molar-refractivity contribution in [1.82, 2.24) is 9.97 Å². The van der Waals surface area contributed by atoms with Gasteiger partial charge in [-0.05, 0) is 6.92 Å². The summed E-state index contributed by atoms with van der Waals surface area (Å²) < 4.78 is 0. The largest absolute Gasteiger partial charge is 0.477 e. The third-order valence-electron chi connectivity index (χ3n) is 1.89. The summed E-state index contributed by atoms with van der Waals surface area (Å²) in [7, 11) is 0. The first-order valence-corrected chi connectivity index (χ1v) is 4.42. The molecule has 0 saturated carbocycles. The molecular formula is C10H11N3O2. The van der Waals surface area contributed by atoms with Crippen molar-refractivity contribution in [1.29, 1.82) is 0 Å². The number of carboxylic acids is 1. The zero-order chi connectivity index (χ0) is 11.3. The van der Waals surface area contributed by atoms with Gasteiger partial charge < -0.3 is 10.0 Å². The van der Waals surface area contributed by atoms with E-state index in [1.54, 1.807) is 4.90 Å². The van der Waals surface area contributed by atoms with Crippen molar-refractivity contribution in [3.05, 3.63) is 18.1 Å². The van der Waals surface area contributed by atoms with Crippen LogP contribution in [0.2, 0.25) is 0 Å². The van der Waals surface area contributed by atoms with Gasteiger partial charge in [-0.2, -0.15) is 0 Å². The maximum Gasteiger partial charge on any atom is 0.341 e. The Hall–Kier alpha value is -2.09. The number of nitrogens with zero attached hydrogens (tertiary/aromatic N) is 3. The molecule has 15 heavy (non-hydrogen) atoms. The predicted molar refractivity (Wildman–Crippen MR) is 55.7 cm³/mol. The van der Waals surface area contributed by atoms with Gasteiger partial charge in [0.25, 0.3) is 0 Å². The van der Waals surface area contributed by atoms with Crippen molar-refractivity contribution >= 4 is 11.8 Å². The number of carboxylic acid groups (broad SMARTS) is 1. The molecule has 1 rings (SSSR count). The third kappa shape index (κ3) is 2.44. The number of anilines is 1. The summed E-state index contributed by atoms with van der Waals surface area (Å²) in [5, 5.41) is 8.92. The average molecular weight is 205 g/mol. The Balaban J connectivity index is 3.11. The number of hydrogen-bond donors (Lipinski definition) is 1. The van der Waals surface area contributed by atoms with Crippen LogP contribution in [0.1, 0.15) is 17.3 Å². The van der Waals surface area contributed by atoms with Crippen molar-refractivity contribution in [3.63, 3.8) is 0 Å². The smallest absolute Gasteiger partial charge is 0.341 e. The van der Waals surface area contributed by atoms with Crippen LogP contribution in [-0.4, -0.2) is 34.1 Å². The molecule has 0 aromatic carbocycles. The Morgan fingerprint density at radius 1 is 1.73 bits per heavy atom. The summed E-state index contributed by atoms with van der Waals surface area (Å²) in [6, 6.07) is 0. The van der Waals surface area contributed by atoms with Crippen LogP contribution < -0.4 is 4.90 Å². The van der Waals surface area contributed by atoms with Crippen LogP contribution in [0.5, 0.6) is 0 Å². The maximum atomic E-state index is 10.9. The molecule has 5 heteroatoms. The van der Waals surface area contributed by atoms with Gasteiger partial charge in [-0.15, -0.1) is 6.42 Å². The van der Waals surface area contributed by atoms with E-state index in [-0.39, 0.29) is 5.56 Å². The van der Waals surface area contributed by atoms with E-state index in [1.165, 1.54) is 12.5 Å². The van der Waals surface area contributed by atoms with Gasteiger partial charge in [0.1, 0.15) is 17.7 Å². The summed E-state index contributed by atoms with van der Waals surface area (Å²) in [5.41, 5.74) is 0.0644. The SMILES string of the molecule is C#CCN(CC)c1ncncc1C(=O)O. The van der Waals surface area contributed by atoms with Crippen LogP contribution in [0.25, 0.3) is 0 Å². The van der Waals surface area contributed by atoms with Gasteiger partial charge in [0, 0.05) is 12.7 Å². The van der Waals surface area contributed by atoms with E-state index in [0.717, 1.165) is 0 Å². The zero-order valence-corrected chi connectivity index (χ0v) is 8.34. The minimum Gasteiger partial charge on any atom is -0.477 e. The molecule has 1 aromatic rings. The number of carbonyl (C=O) groups is 1. The summed E-state index contributed by atoms with van der Waals surface area (Å²) >= 11 is 0. The van der Waals surface area contributed by atoms with Crippen molar-refractivity contribution < 1.29 is 9.90 Å². The zero-order valence-electron chi connectivity index (χ0n) is 8.34. The van der Waals surface area contributed by atoms with E-state index in [1.807, 2.05) is 6.92 Å². The summed E-state index contributed by atoms with van der Waals surface area (Å²) in [6.45, 7) is 2.81. The van der Waals surface area contributed by atoms with Gasteiger partial charge >= 0.3 is 5.97 Å². The van der Waals surface area contributed by atoms with Gasteiger partial charge in [0.05, 0.1) is 6.54 Å². The van der Waals surface area contributed by atoms with Crippen molar-refractivity contribution in [2.75, 3.05) is 18.0 Å². The molecule has 78 valence electrons. The van der Waals surface area contributed by atoms with Gasteiger partial charge in [0.2, 0.25) is 0 Å². The molecule has 0 aliphatic heterocycles. The Morgan fingerprint density at radius 3 is 3.00 bits per heavy atom. The fourth-order valence-electron chi connectivity index (χ4n) is 1.17. The molecule has 1 heterocycles. The second-order valence-electron chi connectivity index (χ2n) is 2.78. The number of rotatable bonds is 4. The highest BCUT2D eigenvalue weighted by molar-refractivity contribution is 5.92. The lowest BCUT2D eigenvalue weighted by Gasteiger charge is -2.19. The maximum absolute atomic E-state index is 10.9. The van der Waals surface area contributed by atoms with E-state index in [2.05, 4.69) is 15.9 Å². The third-order valence-corrected chi connectivity index (χ3v) is 1.89. The molecular weight excluding hydrogens is 194 g/mol. The highest BCUT2D eigenvalue weighted by Gasteiger charge is 2.15. The van der Waals surface area contributed by atoms with Crippen LogP contribution in [0.15, 0.2) is 12.5 Å². The number of aromatic carboxylic acids is 1. The quantitative estimate of drug-likeness (QED) is 0.730. The Labute approximate surface area is 87.8 Å². The first-order chi connectivity index (χ1) is 7.20. The van der Waals surface area contributed by atoms with Crippen molar-refractivity contribution in [3.8, 4) is 12.3 Å². The molecule has 5 nitrogen and oxygen atoms in total. The fraction of sp³-hybridized carbons (Fsp3) is 0.300. The van der Waals surface area contributed by atoms with E-state index in [9.17, 15) is 4.79 Å². The molecule has 0 amide bonds. The van der Waals surface area contributed by atoms with Crippen molar-refractivity contribution in [2.45, 2.75) is 6.92 Å². The molecule has 0 unspecified atom stereocenters. The lowest BCUT2D eigenvalue weighted by molar-refractivity contribution is 0.0696. The van der Waals surface area contributed by atoms with Gasteiger partial charge in [-0.1, -0.05) is 5.92 Å². The highest BCUT2D eigenvalue weighted by atomic mass is 16.4. The average Bonchev–Trinajstić information content (AvgIpc) is 2.26. The standard InChI is InChI=1S/C10H11N3O2/c1-3-5-13(4-2)9-8(10(14)15)6-11-7-12-9/h1,6-7H,4-5H2,2H3,(H,14,15). The monoisotopic (exact) mass is 205 g/mol. The van der Waals surface area contributed by atoms with E-state index in [4.69, 9.17) is 11.5 Å². The number of terminal acetylenes is 1. The topological polar surface area (TPSA) is 66.3 Å². The first kappa shape index (κ1) is 11.0. The normalized spacial score (nSPS) is 9.33. The Kier molecular flexibility index (Phi) is 3.63. The Morgan fingerprint density at radius 2 is 2.47 bits per heavy atom. The molecule has 0 bridgehead atoms. The molecule has 0 atom stereocenters. The van der Waals surface area contributed by atoms with Crippen LogP contribution in [0, 0.1) is 12.3 Å². The summed E-state index contributed by atoms with van der Waals surface area (Å²) in [4.78, 5) is 20.2. The molecule has 1 N–H and O–H groups in total. The molecule has 0 spiro atoms. The van der Waals surface area contributed by atoms with E-state index in [0.29, 0.717) is 18.9 Å². The van der Waals surface area contributed by atoms with Gasteiger partial charge in [0.15, 0.2) is 0 Å². The van der Waals surface area contributed by atoms with Gasteiger partial charge in [-0.3, -0.25) is 0 Å². The van der Waals surface area contributed by atoms with E-state index >= 15 is 0 Å². The van der Waals surface area contributed by atoms with Crippen LogP contribution in [-0.2, 0) is 0 Å². The lowest BCUT2D eigenvalue weighted by Crippen LogP contribution is -2.26. The molecule has 0 aliphatic carbocycles. The molecule has 0 aliphatic rings.